The molecule has 0 aliphatic heterocycles. The zero-order valence-electron chi connectivity index (χ0n) is 11.2. The van der Waals surface area contributed by atoms with Crippen molar-refractivity contribution in [2.45, 2.75) is 57.4 Å². The predicted molar refractivity (Wildman–Crippen MR) is 74.0 cm³/mol. The van der Waals surface area contributed by atoms with Crippen LogP contribution in [0.25, 0.3) is 0 Å². The molecule has 0 amide bonds. The van der Waals surface area contributed by atoms with E-state index in [1.54, 1.807) is 0 Å². The van der Waals surface area contributed by atoms with E-state index in [1.807, 2.05) is 0 Å². The van der Waals surface area contributed by atoms with Crippen LogP contribution in [0.4, 0.5) is 0 Å². The summed E-state index contributed by atoms with van der Waals surface area (Å²) in [4.78, 5) is 0. The van der Waals surface area contributed by atoms with Gasteiger partial charge in [0.2, 0.25) is 10.0 Å². The maximum Gasteiger partial charge on any atom is 0.211 e. The van der Waals surface area contributed by atoms with E-state index in [2.05, 4.69) is 10.0 Å². The lowest BCUT2D eigenvalue weighted by Gasteiger charge is -2.25. The van der Waals surface area contributed by atoms with Crippen molar-refractivity contribution in [1.29, 1.82) is 0 Å². The van der Waals surface area contributed by atoms with Gasteiger partial charge in [0.1, 0.15) is 0 Å². The summed E-state index contributed by atoms with van der Waals surface area (Å²) >= 11 is 0. The van der Waals surface area contributed by atoms with E-state index in [4.69, 9.17) is 0 Å². The molecule has 2 fully saturated rings. The predicted octanol–water partition coefficient (Wildman–Crippen LogP) is 1.63. The van der Waals surface area contributed by atoms with Crippen LogP contribution in [0, 0.1) is 5.92 Å². The normalized spacial score (nSPS) is 20.9. The van der Waals surface area contributed by atoms with Crippen LogP contribution in [-0.4, -0.2) is 33.3 Å². The van der Waals surface area contributed by atoms with Crippen LogP contribution in [-0.2, 0) is 10.0 Å². The van der Waals surface area contributed by atoms with Gasteiger partial charge in [-0.1, -0.05) is 19.3 Å². The second kappa shape index (κ2) is 6.87. The van der Waals surface area contributed by atoms with E-state index in [-0.39, 0.29) is 5.75 Å². The Bertz CT molecular complexity index is 335. The van der Waals surface area contributed by atoms with Gasteiger partial charge >= 0.3 is 0 Å². The third-order valence-electron chi connectivity index (χ3n) is 3.95. The van der Waals surface area contributed by atoms with Gasteiger partial charge in [0, 0.05) is 12.6 Å². The Hall–Kier alpha value is -0.130. The highest BCUT2D eigenvalue weighted by Crippen LogP contribution is 2.28. The van der Waals surface area contributed by atoms with E-state index in [0.717, 1.165) is 37.8 Å². The fourth-order valence-electron chi connectivity index (χ4n) is 2.28. The van der Waals surface area contributed by atoms with E-state index >= 15 is 0 Å². The molecule has 0 bridgehead atoms. The van der Waals surface area contributed by atoms with Crippen molar-refractivity contribution in [1.82, 2.24) is 10.0 Å². The summed E-state index contributed by atoms with van der Waals surface area (Å²) in [6, 6.07) is 0.724. The van der Waals surface area contributed by atoms with Gasteiger partial charge in [0.05, 0.1) is 5.75 Å². The zero-order valence-corrected chi connectivity index (χ0v) is 12.0. The largest absolute Gasteiger partial charge is 0.314 e. The average Bonchev–Trinajstić information content (AvgIpc) is 3.05. The molecule has 2 saturated carbocycles. The molecule has 2 aliphatic rings. The van der Waals surface area contributed by atoms with Crippen LogP contribution in [0.2, 0.25) is 0 Å². The number of nitrogens with one attached hydrogen (secondary N) is 2. The lowest BCUT2D eigenvalue weighted by Crippen LogP contribution is -2.30. The third-order valence-corrected chi connectivity index (χ3v) is 5.42. The summed E-state index contributed by atoms with van der Waals surface area (Å²) in [7, 11) is -3.02. The van der Waals surface area contributed by atoms with Gasteiger partial charge in [-0.05, 0) is 44.6 Å². The highest BCUT2D eigenvalue weighted by molar-refractivity contribution is 7.89. The van der Waals surface area contributed by atoms with Crippen LogP contribution in [0.15, 0.2) is 0 Å². The molecule has 0 aromatic rings. The lowest BCUT2D eigenvalue weighted by atomic mass is 9.83. The Morgan fingerprint density at radius 1 is 1.00 bits per heavy atom. The van der Waals surface area contributed by atoms with Crippen molar-refractivity contribution in [3.63, 3.8) is 0 Å². The van der Waals surface area contributed by atoms with Gasteiger partial charge in [-0.25, -0.2) is 13.1 Å². The van der Waals surface area contributed by atoms with E-state index in [1.165, 1.54) is 32.1 Å². The van der Waals surface area contributed by atoms with Gasteiger partial charge in [-0.2, -0.15) is 0 Å². The Morgan fingerprint density at radius 2 is 1.78 bits per heavy atom. The number of unbranched alkanes of at least 4 members (excludes halogenated alkanes) is 1. The Kier molecular flexibility index (Phi) is 5.45. The molecule has 0 atom stereocenters. The molecule has 2 aliphatic carbocycles. The lowest BCUT2D eigenvalue weighted by molar-refractivity contribution is 0.297. The molecule has 0 aromatic carbocycles. The average molecular weight is 274 g/mol. The van der Waals surface area contributed by atoms with Crippen molar-refractivity contribution in [2.24, 2.45) is 5.92 Å². The molecule has 0 unspecified atom stereocenters. The van der Waals surface area contributed by atoms with Crippen molar-refractivity contribution in [2.75, 3.05) is 18.8 Å². The first kappa shape index (κ1) is 14.3. The molecule has 2 rings (SSSR count). The van der Waals surface area contributed by atoms with Gasteiger partial charge in [-0.3, -0.25) is 0 Å². The second-order valence-corrected chi connectivity index (χ2v) is 7.66. The SMILES string of the molecule is O=S(=O)(CCCCNC1CC1)NCCC1CCC1. The summed E-state index contributed by atoms with van der Waals surface area (Å²) in [6.45, 7) is 1.59. The summed E-state index contributed by atoms with van der Waals surface area (Å²) in [6.07, 6.45) is 9.22. The highest BCUT2D eigenvalue weighted by Gasteiger charge is 2.20. The van der Waals surface area contributed by atoms with Crippen molar-refractivity contribution in [3.8, 4) is 0 Å². The Labute approximate surface area is 111 Å². The van der Waals surface area contributed by atoms with Crippen LogP contribution in [0.3, 0.4) is 0 Å². The molecule has 106 valence electrons. The molecule has 2 N–H and O–H groups in total. The third kappa shape index (κ3) is 5.67. The highest BCUT2D eigenvalue weighted by atomic mass is 32.2. The first-order valence-electron chi connectivity index (χ1n) is 7.36. The summed E-state index contributed by atoms with van der Waals surface area (Å²) < 4.78 is 26.1. The van der Waals surface area contributed by atoms with Crippen LogP contribution in [0.5, 0.6) is 0 Å². The molecule has 5 heteroatoms. The molecule has 0 radical (unpaired) electrons. The van der Waals surface area contributed by atoms with Crippen LogP contribution < -0.4 is 10.0 Å². The van der Waals surface area contributed by atoms with E-state index in [9.17, 15) is 8.42 Å². The summed E-state index contributed by atoms with van der Waals surface area (Å²) in [5, 5.41) is 3.40. The van der Waals surface area contributed by atoms with Crippen molar-refractivity contribution in [3.05, 3.63) is 0 Å². The minimum atomic E-state index is -3.02. The van der Waals surface area contributed by atoms with Crippen LogP contribution >= 0.6 is 0 Å². The molecule has 0 spiro atoms. The standard InChI is InChI=1S/C13H26N2O2S/c16-18(17,15-10-8-12-4-3-5-12)11-2-1-9-14-13-6-7-13/h12-15H,1-11H2. The van der Waals surface area contributed by atoms with Gasteiger partial charge in [0.15, 0.2) is 0 Å². The van der Waals surface area contributed by atoms with Gasteiger partial charge in [0.25, 0.3) is 0 Å². The first-order chi connectivity index (χ1) is 8.66. The fraction of sp³-hybridized carbons (Fsp3) is 1.00. The molecule has 0 aromatic heterocycles. The van der Waals surface area contributed by atoms with Gasteiger partial charge in [-0.15, -0.1) is 0 Å². The number of rotatable bonds is 10. The Morgan fingerprint density at radius 3 is 2.39 bits per heavy atom. The molecule has 4 nitrogen and oxygen atoms in total. The number of sulfonamides is 1. The minimum absolute atomic E-state index is 0.282. The van der Waals surface area contributed by atoms with E-state index in [0.29, 0.717) is 6.54 Å². The number of hydrogen-bond donors (Lipinski definition) is 2. The maximum atomic E-state index is 11.7. The minimum Gasteiger partial charge on any atom is -0.314 e. The van der Waals surface area contributed by atoms with Crippen molar-refractivity contribution < 1.29 is 8.42 Å². The quantitative estimate of drug-likeness (QED) is 0.595. The summed E-state index contributed by atoms with van der Waals surface area (Å²) in [5.74, 6) is 1.06. The van der Waals surface area contributed by atoms with Crippen molar-refractivity contribution >= 4 is 10.0 Å². The van der Waals surface area contributed by atoms with Crippen LogP contribution in [0.1, 0.15) is 51.4 Å². The second-order valence-electron chi connectivity index (χ2n) is 5.73. The van der Waals surface area contributed by atoms with E-state index < -0.39 is 10.0 Å². The topological polar surface area (TPSA) is 58.2 Å². The fourth-order valence-corrected chi connectivity index (χ4v) is 3.44. The molecule has 0 heterocycles. The molecule has 0 saturated heterocycles. The first-order valence-corrected chi connectivity index (χ1v) is 9.02. The number of hydrogen-bond acceptors (Lipinski definition) is 3. The smallest absolute Gasteiger partial charge is 0.211 e. The molecular weight excluding hydrogens is 248 g/mol. The Balaban J connectivity index is 1.46. The monoisotopic (exact) mass is 274 g/mol. The van der Waals surface area contributed by atoms with Gasteiger partial charge < -0.3 is 5.32 Å². The zero-order chi connectivity index (χ0) is 12.8. The maximum absolute atomic E-state index is 11.7. The molecular formula is C13H26N2O2S. The summed E-state index contributed by atoms with van der Waals surface area (Å²) in [5.41, 5.74) is 0. The molecule has 18 heavy (non-hydrogen) atoms.